The van der Waals surface area contributed by atoms with Gasteiger partial charge in [-0.3, -0.25) is 9.69 Å². The van der Waals surface area contributed by atoms with E-state index in [0.29, 0.717) is 17.8 Å². The summed E-state index contributed by atoms with van der Waals surface area (Å²) in [5.74, 6) is -0.354. The van der Waals surface area contributed by atoms with Gasteiger partial charge in [0.25, 0.3) is 0 Å². The molecule has 0 aliphatic carbocycles. The molecule has 1 rings (SSSR count). The molecular weight excluding hydrogens is 283 g/mol. The van der Waals surface area contributed by atoms with E-state index >= 15 is 0 Å². The number of benzene rings is 1. The number of anilines is 1. The molecular formula is C15H18F3NO2. The van der Waals surface area contributed by atoms with Crippen molar-refractivity contribution in [2.45, 2.75) is 32.9 Å². The fraction of sp³-hybridized carbons (Fsp3) is 0.400. The Bertz CT molecular complexity index is 507. The Balaban J connectivity index is 3.18. The van der Waals surface area contributed by atoms with Crippen LogP contribution in [0.2, 0.25) is 0 Å². The van der Waals surface area contributed by atoms with Crippen molar-refractivity contribution in [3.8, 4) is 0 Å². The maximum absolute atomic E-state index is 12.6. The summed E-state index contributed by atoms with van der Waals surface area (Å²) in [6.07, 6.45) is -2.22. The van der Waals surface area contributed by atoms with Gasteiger partial charge in [-0.25, -0.2) is 0 Å². The number of halogens is 3. The van der Waals surface area contributed by atoms with Crippen LogP contribution in [0.4, 0.5) is 18.9 Å². The van der Waals surface area contributed by atoms with Gasteiger partial charge in [-0.05, 0) is 37.6 Å². The van der Waals surface area contributed by atoms with Crippen molar-refractivity contribution in [1.29, 1.82) is 0 Å². The van der Waals surface area contributed by atoms with Crippen LogP contribution in [-0.4, -0.2) is 17.6 Å². The van der Waals surface area contributed by atoms with E-state index in [2.05, 4.69) is 0 Å². The van der Waals surface area contributed by atoms with Crippen LogP contribution in [0.25, 0.3) is 0 Å². The molecule has 1 amide bonds. The fourth-order valence-corrected chi connectivity index (χ4v) is 1.97. The number of aliphatic hydroxyl groups excluding tert-OH is 1. The predicted molar refractivity (Wildman–Crippen MR) is 74.7 cm³/mol. The number of carbonyl (C=O) groups is 1. The molecule has 0 atom stereocenters. The molecule has 1 aromatic rings. The lowest BCUT2D eigenvalue weighted by atomic mass is 10.1. The highest BCUT2D eigenvalue weighted by Gasteiger charge is 2.30. The molecule has 0 aromatic heterocycles. The smallest absolute Gasteiger partial charge is 0.396 e. The van der Waals surface area contributed by atoms with Gasteiger partial charge in [-0.2, -0.15) is 13.2 Å². The van der Waals surface area contributed by atoms with E-state index in [-0.39, 0.29) is 18.9 Å². The number of rotatable bonds is 5. The third-order valence-corrected chi connectivity index (χ3v) is 3.01. The first-order chi connectivity index (χ1) is 9.85. The van der Waals surface area contributed by atoms with E-state index in [4.69, 9.17) is 5.11 Å². The monoisotopic (exact) mass is 301 g/mol. The second kappa shape index (κ2) is 7.26. The molecule has 0 saturated carbocycles. The van der Waals surface area contributed by atoms with Crippen molar-refractivity contribution < 1.29 is 23.1 Å². The Hall–Kier alpha value is -1.82. The average molecular weight is 301 g/mol. The van der Waals surface area contributed by atoms with Gasteiger partial charge in [0.15, 0.2) is 0 Å². The van der Waals surface area contributed by atoms with Gasteiger partial charge in [-0.15, -0.1) is 0 Å². The normalized spacial score (nSPS) is 12.4. The van der Waals surface area contributed by atoms with Crippen LogP contribution in [0.15, 0.2) is 36.0 Å². The standard InChI is InChI=1S/C15H18F3NO2/c1-3-12(4-2)19(14(21)9-10-20)13-7-5-11(6-8-13)15(16,17)18/h3,5-8,20H,4,9-10H2,1-2H3/b12-3+. The molecule has 21 heavy (non-hydrogen) atoms. The van der Waals surface area contributed by atoms with Crippen molar-refractivity contribution in [1.82, 2.24) is 0 Å². The van der Waals surface area contributed by atoms with Crippen LogP contribution in [0.3, 0.4) is 0 Å². The first-order valence-corrected chi connectivity index (χ1v) is 6.61. The number of alkyl halides is 3. The third-order valence-electron chi connectivity index (χ3n) is 3.01. The quantitative estimate of drug-likeness (QED) is 0.900. The van der Waals surface area contributed by atoms with Crippen LogP contribution >= 0.6 is 0 Å². The largest absolute Gasteiger partial charge is 0.416 e. The average Bonchev–Trinajstić information content (AvgIpc) is 2.44. The van der Waals surface area contributed by atoms with Gasteiger partial charge < -0.3 is 5.11 Å². The summed E-state index contributed by atoms with van der Waals surface area (Å²) in [6.45, 7) is 3.29. The number of aliphatic hydroxyl groups is 1. The Labute approximate surface area is 121 Å². The van der Waals surface area contributed by atoms with Gasteiger partial charge in [-0.1, -0.05) is 13.0 Å². The summed E-state index contributed by atoms with van der Waals surface area (Å²) in [5, 5.41) is 8.89. The molecule has 0 fully saturated rings. The van der Waals surface area contributed by atoms with Crippen molar-refractivity contribution in [2.75, 3.05) is 11.5 Å². The minimum absolute atomic E-state index is 0.0850. The van der Waals surface area contributed by atoms with Crippen molar-refractivity contribution in [3.63, 3.8) is 0 Å². The van der Waals surface area contributed by atoms with Gasteiger partial charge in [0.2, 0.25) is 5.91 Å². The highest BCUT2D eigenvalue weighted by molar-refractivity contribution is 5.96. The van der Waals surface area contributed by atoms with Crippen LogP contribution in [0.1, 0.15) is 32.3 Å². The maximum Gasteiger partial charge on any atom is 0.416 e. The Morgan fingerprint density at radius 2 is 1.86 bits per heavy atom. The molecule has 0 radical (unpaired) electrons. The molecule has 0 aliphatic heterocycles. The van der Waals surface area contributed by atoms with Crippen LogP contribution in [0.5, 0.6) is 0 Å². The van der Waals surface area contributed by atoms with E-state index in [1.807, 2.05) is 6.92 Å². The molecule has 0 saturated heterocycles. The third kappa shape index (κ3) is 4.32. The van der Waals surface area contributed by atoms with Crippen molar-refractivity contribution >= 4 is 11.6 Å². The highest BCUT2D eigenvalue weighted by Crippen LogP contribution is 2.31. The van der Waals surface area contributed by atoms with E-state index in [1.54, 1.807) is 13.0 Å². The highest BCUT2D eigenvalue weighted by atomic mass is 19.4. The Kier molecular flexibility index (Phi) is 5.96. The van der Waals surface area contributed by atoms with Gasteiger partial charge in [0.1, 0.15) is 0 Å². The molecule has 0 bridgehead atoms. The number of allylic oxidation sites excluding steroid dienone is 2. The van der Waals surface area contributed by atoms with Gasteiger partial charge >= 0.3 is 6.18 Å². The Morgan fingerprint density at radius 1 is 1.29 bits per heavy atom. The number of carbonyl (C=O) groups excluding carboxylic acids is 1. The van der Waals surface area contributed by atoms with Crippen LogP contribution < -0.4 is 4.90 Å². The lowest BCUT2D eigenvalue weighted by Gasteiger charge is -2.25. The maximum atomic E-state index is 12.6. The summed E-state index contributed by atoms with van der Waals surface area (Å²) in [4.78, 5) is 13.4. The molecule has 6 heteroatoms. The summed E-state index contributed by atoms with van der Waals surface area (Å²) in [7, 11) is 0. The molecule has 0 unspecified atom stereocenters. The first-order valence-electron chi connectivity index (χ1n) is 6.61. The number of nitrogens with zero attached hydrogens (tertiary/aromatic N) is 1. The molecule has 116 valence electrons. The summed E-state index contributed by atoms with van der Waals surface area (Å²) >= 11 is 0. The first kappa shape index (κ1) is 17.2. The zero-order chi connectivity index (χ0) is 16.0. The number of hydrogen-bond donors (Lipinski definition) is 1. The van der Waals surface area contributed by atoms with E-state index in [0.717, 1.165) is 12.1 Å². The van der Waals surface area contributed by atoms with Gasteiger partial charge in [0.05, 0.1) is 18.6 Å². The fourth-order valence-electron chi connectivity index (χ4n) is 1.97. The zero-order valence-electron chi connectivity index (χ0n) is 11.9. The molecule has 0 heterocycles. The molecule has 3 nitrogen and oxygen atoms in total. The van der Waals surface area contributed by atoms with Gasteiger partial charge in [0, 0.05) is 11.4 Å². The van der Waals surface area contributed by atoms with Crippen molar-refractivity contribution in [3.05, 3.63) is 41.6 Å². The predicted octanol–water partition coefficient (Wildman–Crippen LogP) is 3.73. The molecule has 1 N–H and O–H groups in total. The zero-order valence-corrected chi connectivity index (χ0v) is 11.9. The van der Waals surface area contributed by atoms with Crippen molar-refractivity contribution in [2.24, 2.45) is 0 Å². The molecule has 0 spiro atoms. The molecule has 1 aromatic carbocycles. The topological polar surface area (TPSA) is 40.5 Å². The number of amides is 1. The second-order valence-corrected chi connectivity index (χ2v) is 4.38. The minimum Gasteiger partial charge on any atom is -0.396 e. The lowest BCUT2D eigenvalue weighted by molar-refractivity contribution is -0.137. The second-order valence-electron chi connectivity index (χ2n) is 4.38. The summed E-state index contributed by atoms with van der Waals surface area (Å²) in [5.41, 5.74) is 0.268. The summed E-state index contributed by atoms with van der Waals surface area (Å²) in [6, 6.07) is 4.41. The SMILES string of the molecule is C/C=C(\CC)N(C(=O)CCO)c1ccc(C(F)(F)F)cc1. The number of hydrogen-bond acceptors (Lipinski definition) is 2. The minimum atomic E-state index is -4.41. The molecule has 0 aliphatic rings. The lowest BCUT2D eigenvalue weighted by Crippen LogP contribution is -2.30. The van der Waals surface area contributed by atoms with E-state index in [9.17, 15) is 18.0 Å². The summed E-state index contributed by atoms with van der Waals surface area (Å²) < 4.78 is 37.7. The Morgan fingerprint density at radius 3 is 2.24 bits per heavy atom. The van der Waals surface area contributed by atoms with Crippen LogP contribution in [-0.2, 0) is 11.0 Å². The van der Waals surface area contributed by atoms with Crippen LogP contribution in [0, 0.1) is 0 Å². The van der Waals surface area contributed by atoms with E-state index in [1.165, 1.54) is 17.0 Å². The van der Waals surface area contributed by atoms with E-state index < -0.39 is 11.7 Å².